The topological polar surface area (TPSA) is 71.1 Å². The molecule has 0 bridgehead atoms. The van der Waals surface area contributed by atoms with Crippen LogP contribution in [0.2, 0.25) is 0 Å². The summed E-state index contributed by atoms with van der Waals surface area (Å²) in [7, 11) is 0. The third kappa shape index (κ3) is 7.33. The quantitative estimate of drug-likeness (QED) is 0.455. The average Bonchev–Trinajstić information content (AvgIpc) is 2.90. The fraction of sp³-hybridized carbons (Fsp3) is 0.310. The van der Waals surface area contributed by atoms with Gasteiger partial charge in [0.15, 0.2) is 12.7 Å². The lowest BCUT2D eigenvalue weighted by Crippen LogP contribution is -2.45. The second-order valence-electron chi connectivity index (χ2n) is 9.02. The Bertz CT molecular complexity index is 1130. The molecule has 0 aromatic heterocycles. The van der Waals surface area contributed by atoms with Gasteiger partial charge in [0, 0.05) is 44.1 Å². The molecule has 4 rings (SSSR count). The molecule has 1 fully saturated rings. The van der Waals surface area contributed by atoms with Crippen molar-refractivity contribution in [3.05, 3.63) is 90.0 Å². The standard InChI is InChI=1S/C29H33N3O4/c1-22-8-14-27(15-9-22)36-23(2)29(34)35-21-28(33)30-25-10-12-26(13-11-25)32-18-16-31(17-19-32)20-24-6-4-3-5-7-24/h3-15,23H,16-21H2,1-2H3,(H,30,33). The van der Waals surface area contributed by atoms with Crippen LogP contribution in [-0.4, -0.2) is 55.7 Å². The fourth-order valence-electron chi connectivity index (χ4n) is 4.08. The van der Waals surface area contributed by atoms with Gasteiger partial charge in [0.1, 0.15) is 5.75 Å². The molecule has 0 radical (unpaired) electrons. The summed E-state index contributed by atoms with van der Waals surface area (Å²) in [6.45, 7) is 8.10. The van der Waals surface area contributed by atoms with Gasteiger partial charge >= 0.3 is 5.97 Å². The van der Waals surface area contributed by atoms with E-state index in [-0.39, 0.29) is 6.61 Å². The van der Waals surface area contributed by atoms with Crippen molar-refractivity contribution in [3.63, 3.8) is 0 Å². The van der Waals surface area contributed by atoms with Gasteiger partial charge in [-0.15, -0.1) is 0 Å². The van der Waals surface area contributed by atoms with Crippen LogP contribution in [0, 0.1) is 6.92 Å². The molecule has 1 atom stereocenters. The number of aryl methyl sites for hydroxylation is 1. The summed E-state index contributed by atoms with van der Waals surface area (Å²) in [5.41, 5.74) is 4.22. The maximum absolute atomic E-state index is 12.3. The van der Waals surface area contributed by atoms with Crippen LogP contribution in [0.5, 0.6) is 5.75 Å². The number of benzene rings is 3. The van der Waals surface area contributed by atoms with E-state index in [1.807, 2.05) is 49.4 Å². The Morgan fingerprint density at radius 3 is 2.22 bits per heavy atom. The number of rotatable bonds is 9. The van der Waals surface area contributed by atoms with E-state index < -0.39 is 18.0 Å². The molecule has 188 valence electrons. The van der Waals surface area contributed by atoms with Gasteiger partial charge in [0.2, 0.25) is 0 Å². The van der Waals surface area contributed by atoms with E-state index in [9.17, 15) is 9.59 Å². The van der Waals surface area contributed by atoms with E-state index in [1.165, 1.54) is 5.56 Å². The molecule has 1 heterocycles. The summed E-state index contributed by atoms with van der Waals surface area (Å²) in [4.78, 5) is 29.3. The van der Waals surface area contributed by atoms with Gasteiger partial charge in [-0.25, -0.2) is 4.79 Å². The van der Waals surface area contributed by atoms with E-state index in [2.05, 4.69) is 39.4 Å². The van der Waals surface area contributed by atoms with Gasteiger partial charge in [-0.2, -0.15) is 0 Å². The minimum Gasteiger partial charge on any atom is -0.479 e. The predicted octanol–water partition coefficient (Wildman–Crippen LogP) is 4.27. The molecule has 1 aliphatic rings. The molecule has 3 aromatic rings. The number of hydrogen-bond acceptors (Lipinski definition) is 6. The van der Waals surface area contributed by atoms with Crippen molar-refractivity contribution in [2.24, 2.45) is 0 Å². The molecule has 1 saturated heterocycles. The number of piperazine rings is 1. The molecule has 7 nitrogen and oxygen atoms in total. The Balaban J connectivity index is 1.18. The summed E-state index contributed by atoms with van der Waals surface area (Å²) in [6.07, 6.45) is -0.812. The lowest BCUT2D eigenvalue weighted by atomic mass is 10.2. The second-order valence-corrected chi connectivity index (χ2v) is 9.02. The summed E-state index contributed by atoms with van der Waals surface area (Å²) in [6, 6.07) is 25.7. The van der Waals surface area contributed by atoms with Crippen molar-refractivity contribution in [1.29, 1.82) is 0 Å². The lowest BCUT2D eigenvalue weighted by molar-refractivity contribution is -0.153. The smallest absolute Gasteiger partial charge is 0.347 e. The monoisotopic (exact) mass is 487 g/mol. The molecule has 1 aliphatic heterocycles. The highest BCUT2D eigenvalue weighted by Crippen LogP contribution is 2.20. The van der Waals surface area contributed by atoms with Crippen LogP contribution in [0.25, 0.3) is 0 Å². The maximum Gasteiger partial charge on any atom is 0.347 e. The van der Waals surface area contributed by atoms with Crippen molar-refractivity contribution in [2.45, 2.75) is 26.5 Å². The first kappa shape index (κ1) is 25.3. The summed E-state index contributed by atoms with van der Waals surface area (Å²) in [5.74, 6) is -0.409. The number of anilines is 2. The van der Waals surface area contributed by atoms with Gasteiger partial charge < -0.3 is 19.7 Å². The molecule has 3 aromatic carbocycles. The Morgan fingerprint density at radius 2 is 1.56 bits per heavy atom. The lowest BCUT2D eigenvalue weighted by Gasteiger charge is -2.36. The Kier molecular flexibility index (Phi) is 8.57. The minimum absolute atomic E-state index is 0.369. The van der Waals surface area contributed by atoms with Crippen molar-refractivity contribution in [3.8, 4) is 5.75 Å². The molecular weight excluding hydrogens is 454 g/mol. The van der Waals surface area contributed by atoms with Gasteiger partial charge in [-0.1, -0.05) is 48.0 Å². The normalized spacial score (nSPS) is 14.7. The van der Waals surface area contributed by atoms with Crippen LogP contribution >= 0.6 is 0 Å². The molecule has 0 spiro atoms. The maximum atomic E-state index is 12.3. The zero-order chi connectivity index (χ0) is 25.3. The van der Waals surface area contributed by atoms with E-state index in [1.54, 1.807) is 19.1 Å². The fourth-order valence-corrected chi connectivity index (χ4v) is 4.08. The van der Waals surface area contributed by atoms with E-state index >= 15 is 0 Å². The van der Waals surface area contributed by atoms with Crippen LogP contribution in [0.3, 0.4) is 0 Å². The molecule has 1 amide bonds. The van der Waals surface area contributed by atoms with Crippen LogP contribution in [0.1, 0.15) is 18.1 Å². The Morgan fingerprint density at radius 1 is 0.889 bits per heavy atom. The molecule has 0 aliphatic carbocycles. The third-order valence-electron chi connectivity index (χ3n) is 6.15. The highest BCUT2D eigenvalue weighted by molar-refractivity contribution is 5.93. The van der Waals surface area contributed by atoms with Crippen molar-refractivity contribution < 1.29 is 19.1 Å². The number of nitrogens with zero attached hydrogens (tertiary/aromatic N) is 2. The second kappa shape index (κ2) is 12.2. The van der Waals surface area contributed by atoms with Crippen LogP contribution in [0.15, 0.2) is 78.9 Å². The predicted molar refractivity (Wildman–Crippen MR) is 141 cm³/mol. The molecule has 7 heteroatoms. The number of ether oxygens (including phenoxy) is 2. The first-order valence-corrected chi connectivity index (χ1v) is 12.3. The number of carbonyl (C=O) groups is 2. The molecule has 36 heavy (non-hydrogen) atoms. The molecule has 1 N–H and O–H groups in total. The van der Waals surface area contributed by atoms with Gasteiger partial charge in [-0.05, 0) is 55.8 Å². The first-order chi connectivity index (χ1) is 17.5. The zero-order valence-corrected chi connectivity index (χ0v) is 20.9. The number of carbonyl (C=O) groups excluding carboxylic acids is 2. The number of esters is 1. The van der Waals surface area contributed by atoms with Gasteiger partial charge in [0.25, 0.3) is 5.91 Å². The third-order valence-corrected chi connectivity index (χ3v) is 6.15. The van der Waals surface area contributed by atoms with Crippen LogP contribution < -0.4 is 15.0 Å². The minimum atomic E-state index is -0.812. The molecular formula is C29H33N3O4. The van der Waals surface area contributed by atoms with Crippen LogP contribution in [-0.2, 0) is 20.9 Å². The summed E-state index contributed by atoms with van der Waals surface area (Å²) >= 11 is 0. The number of hydrogen-bond donors (Lipinski definition) is 1. The van der Waals surface area contributed by atoms with Crippen LogP contribution in [0.4, 0.5) is 11.4 Å². The Hall–Kier alpha value is -3.84. The summed E-state index contributed by atoms with van der Waals surface area (Å²) in [5, 5.41) is 2.77. The number of nitrogens with one attached hydrogen (secondary N) is 1. The molecule has 0 saturated carbocycles. The molecule has 1 unspecified atom stereocenters. The van der Waals surface area contributed by atoms with E-state index in [0.29, 0.717) is 11.4 Å². The largest absolute Gasteiger partial charge is 0.479 e. The van der Waals surface area contributed by atoms with Crippen molar-refractivity contribution in [1.82, 2.24) is 4.90 Å². The SMILES string of the molecule is Cc1ccc(OC(C)C(=O)OCC(=O)Nc2ccc(N3CCN(Cc4ccccc4)CC3)cc2)cc1. The van der Waals surface area contributed by atoms with E-state index in [4.69, 9.17) is 9.47 Å². The number of amides is 1. The summed E-state index contributed by atoms with van der Waals surface area (Å²) < 4.78 is 10.7. The van der Waals surface area contributed by atoms with Crippen molar-refractivity contribution in [2.75, 3.05) is 43.0 Å². The highest BCUT2D eigenvalue weighted by atomic mass is 16.6. The average molecular weight is 488 g/mol. The van der Waals surface area contributed by atoms with Gasteiger partial charge in [-0.3, -0.25) is 9.69 Å². The van der Waals surface area contributed by atoms with Gasteiger partial charge in [0.05, 0.1) is 0 Å². The first-order valence-electron chi connectivity index (χ1n) is 12.3. The van der Waals surface area contributed by atoms with E-state index in [0.717, 1.165) is 44.0 Å². The van der Waals surface area contributed by atoms with Crippen molar-refractivity contribution >= 4 is 23.3 Å². The Labute approximate surface area is 212 Å². The highest BCUT2D eigenvalue weighted by Gasteiger charge is 2.19. The zero-order valence-electron chi connectivity index (χ0n) is 20.9.